The average molecular weight is 475 g/mol. The number of amides is 2. The van der Waals surface area contributed by atoms with Crippen molar-refractivity contribution in [1.82, 2.24) is 15.4 Å². The number of anilines is 1. The van der Waals surface area contributed by atoms with Gasteiger partial charge in [-0.25, -0.2) is 5.48 Å². The number of pyridine rings is 1. The maximum absolute atomic E-state index is 13.4. The SMILES string of the molecule is O=C(NO)[C@H]1CC(Oc2ccc3ccncc3c2)CCC1C(=O)N1CCN(c2ccccc2)CC1. The number of hydrogen-bond donors (Lipinski definition) is 2. The van der Waals surface area contributed by atoms with E-state index < -0.39 is 17.7 Å². The van der Waals surface area contributed by atoms with Crippen molar-refractivity contribution in [1.29, 1.82) is 0 Å². The summed E-state index contributed by atoms with van der Waals surface area (Å²) in [4.78, 5) is 34.3. The zero-order chi connectivity index (χ0) is 24.2. The topological polar surface area (TPSA) is 95.0 Å². The lowest BCUT2D eigenvalue weighted by Gasteiger charge is -2.40. The Morgan fingerprint density at radius 2 is 1.74 bits per heavy atom. The number of para-hydroxylation sites is 1. The zero-order valence-corrected chi connectivity index (χ0v) is 19.5. The molecule has 1 saturated carbocycles. The number of rotatable bonds is 5. The quantitative estimate of drug-likeness (QED) is 0.436. The Bertz CT molecular complexity index is 1180. The predicted molar refractivity (Wildman–Crippen MR) is 132 cm³/mol. The van der Waals surface area contributed by atoms with E-state index in [1.165, 1.54) is 0 Å². The molecule has 3 aromatic rings. The number of hydrogen-bond acceptors (Lipinski definition) is 6. The minimum atomic E-state index is -0.638. The lowest BCUT2D eigenvalue weighted by Crippen LogP contribution is -2.53. The molecule has 3 atom stereocenters. The third-order valence-corrected chi connectivity index (χ3v) is 7.19. The number of piperazine rings is 1. The van der Waals surface area contributed by atoms with Crippen molar-refractivity contribution >= 4 is 28.3 Å². The molecule has 35 heavy (non-hydrogen) atoms. The number of carbonyl (C=O) groups excluding carboxylic acids is 2. The number of nitrogens with zero attached hydrogens (tertiary/aromatic N) is 3. The second kappa shape index (κ2) is 10.3. The number of benzene rings is 2. The molecule has 2 aromatic carbocycles. The molecule has 2 fully saturated rings. The highest BCUT2D eigenvalue weighted by Crippen LogP contribution is 2.35. The third-order valence-electron chi connectivity index (χ3n) is 7.19. The van der Waals surface area contributed by atoms with Gasteiger partial charge in [0, 0.05) is 49.6 Å². The van der Waals surface area contributed by atoms with E-state index >= 15 is 0 Å². The number of carbonyl (C=O) groups is 2. The van der Waals surface area contributed by atoms with Gasteiger partial charge < -0.3 is 14.5 Å². The van der Waals surface area contributed by atoms with Crippen molar-refractivity contribution in [3.63, 3.8) is 0 Å². The minimum Gasteiger partial charge on any atom is -0.490 e. The highest BCUT2D eigenvalue weighted by atomic mass is 16.5. The normalized spacial score (nSPS) is 22.6. The molecule has 2 heterocycles. The molecule has 182 valence electrons. The van der Waals surface area contributed by atoms with Crippen LogP contribution < -0.4 is 15.1 Å². The number of ether oxygens (including phenoxy) is 1. The summed E-state index contributed by atoms with van der Waals surface area (Å²) in [5.41, 5.74) is 2.93. The molecule has 2 unspecified atom stereocenters. The maximum atomic E-state index is 13.4. The molecule has 2 aliphatic rings. The molecule has 1 aromatic heterocycles. The van der Waals surface area contributed by atoms with Crippen LogP contribution in [0.3, 0.4) is 0 Å². The fraction of sp³-hybridized carbons (Fsp3) is 0.370. The van der Waals surface area contributed by atoms with E-state index in [9.17, 15) is 14.8 Å². The third kappa shape index (κ3) is 5.07. The highest BCUT2D eigenvalue weighted by Gasteiger charge is 2.42. The van der Waals surface area contributed by atoms with E-state index in [1.54, 1.807) is 17.9 Å². The zero-order valence-electron chi connectivity index (χ0n) is 19.5. The number of nitrogens with one attached hydrogen (secondary N) is 1. The molecule has 2 N–H and O–H groups in total. The molecular weight excluding hydrogens is 444 g/mol. The minimum absolute atomic E-state index is 0.0125. The van der Waals surface area contributed by atoms with Gasteiger partial charge in [0.2, 0.25) is 11.8 Å². The molecule has 0 spiro atoms. The largest absolute Gasteiger partial charge is 0.490 e. The van der Waals surface area contributed by atoms with Crippen molar-refractivity contribution in [2.75, 3.05) is 31.1 Å². The van der Waals surface area contributed by atoms with Gasteiger partial charge in [0.25, 0.3) is 0 Å². The molecule has 2 amide bonds. The monoisotopic (exact) mass is 474 g/mol. The van der Waals surface area contributed by atoms with Crippen LogP contribution in [-0.4, -0.2) is 59.2 Å². The van der Waals surface area contributed by atoms with Gasteiger partial charge in [0.15, 0.2) is 0 Å². The second-order valence-corrected chi connectivity index (χ2v) is 9.27. The van der Waals surface area contributed by atoms with Crippen molar-refractivity contribution in [2.45, 2.75) is 25.4 Å². The smallest absolute Gasteiger partial charge is 0.247 e. The van der Waals surface area contributed by atoms with Crippen LogP contribution in [0, 0.1) is 11.8 Å². The standard InChI is InChI=1S/C27H30N4O4/c32-26(29-34)25-17-23(35-22-7-6-19-10-11-28-18-20(19)16-22)8-9-24(25)27(33)31-14-12-30(13-15-31)21-4-2-1-3-5-21/h1-7,10-11,16,18,23-25,34H,8-9,12-15,17H2,(H,29,32)/t23?,24?,25-/m0/s1. The lowest BCUT2D eigenvalue weighted by molar-refractivity contribution is -0.148. The van der Waals surface area contributed by atoms with Crippen molar-refractivity contribution in [2.24, 2.45) is 11.8 Å². The summed E-state index contributed by atoms with van der Waals surface area (Å²) in [6.07, 6.45) is 4.90. The number of aromatic nitrogens is 1. The van der Waals surface area contributed by atoms with Gasteiger partial charge in [0.05, 0.1) is 17.9 Å². The van der Waals surface area contributed by atoms with E-state index in [1.807, 2.05) is 47.4 Å². The van der Waals surface area contributed by atoms with E-state index in [0.717, 1.165) is 29.5 Å². The summed E-state index contributed by atoms with van der Waals surface area (Å²) in [5, 5.41) is 11.4. The summed E-state index contributed by atoms with van der Waals surface area (Å²) < 4.78 is 6.20. The Morgan fingerprint density at radius 1 is 0.943 bits per heavy atom. The summed E-state index contributed by atoms with van der Waals surface area (Å²) in [5.74, 6) is -0.934. The molecule has 8 heteroatoms. The molecule has 1 saturated heterocycles. The molecule has 0 bridgehead atoms. The molecule has 1 aliphatic carbocycles. The van der Waals surface area contributed by atoms with Crippen LogP contribution in [0.1, 0.15) is 19.3 Å². The summed E-state index contributed by atoms with van der Waals surface area (Å²) in [6.45, 7) is 2.73. The van der Waals surface area contributed by atoms with E-state index in [4.69, 9.17) is 4.74 Å². The summed E-state index contributed by atoms with van der Waals surface area (Å²) in [7, 11) is 0. The van der Waals surface area contributed by atoms with E-state index in [0.29, 0.717) is 38.1 Å². The second-order valence-electron chi connectivity index (χ2n) is 9.27. The molecule has 8 nitrogen and oxygen atoms in total. The number of hydroxylamine groups is 1. The van der Waals surface area contributed by atoms with Gasteiger partial charge in [-0.2, -0.15) is 0 Å². The molecule has 5 rings (SSSR count). The Labute approximate surface area is 204 Å². The van der Waals surface area contributed by atoms with Crippen LogP contribution in [0.25, 0.3) is 10.8 Å². The molecule has 0 radical (unpaired) electrons. The van der Waals surface area contributed by atoms with E-state index in [2.05, 4.69) is 22.0 Å². The van der Waals surface area contributed by atoms with Gasteiger partial charge in [-0.1, -0.05) is 24.3 Å². The molecular formula is C27H30N4O4. The molecule has 1 aliphatic heterocycles. The van der Waals surface area contributed by atoms with Crippen molar-refractivity contribution in [3.05, 3.63) is 67.0 Å². The highest BCUT2D eigenvalue weighted by molar-refractivity contribution is 5.87. The van der Waals surface area contributed by atoms with E-state index in [-0.39, 0.29) is 12.0 Å². The Morgan fingerprint density at radius 3 is 2.51 bits per heavy atom. The summed E-state index contributed by atoms with van der Waals surface area (Å²) >= 11 is 0. The first kappa shape index (κ1) is 23.1. The van der Waals surface area contributed by atoms with Crippen LogP contribution in [0.5, 0.6) is 5.75 Å². The van der Waals surface area contributed by atoms with Gasteiger partial charge in [-0.15, -0.1) is 0 Å². The maximum Gasteiger partial charge on any atom is 0.247 e. The number of fused-ring (bicyclic) bond motifs is 1. The van der Waals surface area contributed by atoms with Crippen molar-refractivity contribution < 1.29 is 19.5 Å². The van der Waals surface area contributed by atoms with Crippen LogP contribution in [-0.2, 0) is 9.59 Å². The summed E-state index contributed by atoms with van der Waals surface area (Å²) in [6, 6.07) is 17.9. The fourth-order valence-corrected chi connectivity index (χ4v) is 5.29. The first-order valence-electron chi connectivity index (χ1n) is 12.2. The van der Waals surface area contributed by atoms with Gasteiger partial charge in [0.1, 0.15) is 5.75 Å². The first-order valence-corrected chi connectivity index (χ1v) is 12.2. The van der Waals surface area contributed by atoms with Crippen LogP contribution in [0.2, 0.25) is 0 Å². The van der Waals surface area contributed by atoms with Crippen LogP contribution >= 0.6 is 0 Å². The Balaban J connectivity index is 1.23. The first-order chi connectivity index (χ1) is 17.1. The van der Waals surface area contributed by atoms with Gasteiger partial charge in [-0.05, 0) is 55.0 Å². The average Bonchev–Trinajstić information content (AvgIpc) is 2.92. The van der Waals surface area contributed by atoms with Gasteiger partial charge in [-0.3, -0.25) is 19.8 Å². The Kier molecular flexibility index (Phi) is 6.81. The fourth-order valence-electron chi connectivity index (χ4n) is 5.29. The Hall–Kier alpha value is -3.65. The lowest BCUT2D eigenvalue weighted by atomic mass is 9.76. The van der Waals surface area contributed by atoms with Crippen LogP contribution in [0.4, 0.5) is 5.69 Å². The van der Waals surface area contributed by atoms with Crippen LogP contribution in [0.15, 0.2) is 67.0 Å². The van der Waals surface area contributed by atoms with Crippen molar-refractivity contribution in [3.8, 4) is 5.75 Å². The predicted octanol–water partition coefficient (Wildman–Crippen LogP) is 3.25. The van der Waals surface area contributed by atoms with Gasteiger partial charge >= 0.3 is 0 Å².